The zero-order chi connectivity index (χ0) is 16.8. The fourth-order valence-corrected chi connectivity index (χ4v) is 3.58. The largest absolute Gasteiger partial charge is 0.338 e. The van der Waals surface area contributed by atoms with Crippen molar-refractivity contribution in [1.29, 1.82) is 0 Å². The van der Waals surface area contributed by atoms with Gasteiger partial charge in [0.2, 0.25) is 0 Å². The van der Waals surface area contributed by atoms with E-state index in [9.17, 15) is 4.79 Å². The molecule has 1 aromatic carbocycles. The van der Waals surface area contributed by atoms with Gasteiger partial charge in [0.25, 0.3) is 0 Å². The van der Waals surface area contributed by atoms with E-state index in [2.05, 4.69) is 26.3 Å². The van der Waals surface area contributed by atoms with Crippen molar-refractivity contribution in [2.45, 2.75) is 64.5 Å². The van der Waals surface area contributed by atoms with E-state index in [0.29, 0.717) is 12.6 Å². The van der Waals surface area contributed by atoms with Crippen molar-refractivity contribution >= 4 is 17.1 Å². The van der Waals surface area contributed by atoms with Gasteiger partial charge in [-0.25, -0.2) is 9.78 Å². The van der Waals surface area contributed by atoms with Crippen LogP contribution in [0.15, 0.2) is 24.3 Å². The fraction of sp³-hybridized carbons (Fsp3) is 0.579. The minimum atomic E-state index is -0.0193. The molecule has 2 N–H and O–H groups in total. The molecule has 2 aromatic rings. The molecule has 5 nitrogen and oxygen atoms in total. The number of nitrogens with one attached hydrogen (secondary N) is 2. The molecule has 1 aromatic heterocycles. The van der Waals surface area contributed by atoms with E-state index in [1.165, 1.54) is 25.7 Å². The van der Waals surface area contributed by atoms with Crippen LogP contribution in [0, 0.1) is 6.92 Å². The number of rotatable bonds is 5. The SMILES string of the molecule is Cc1nc2ccccc2n1CCCNC(=O)NC1CCCCCC1. The van der Waals surface area contributed by atoms with Gasteiger partial charge in [-0.1, -0.05) is 37.8 Å². The number of carbonyl (C=O) groups is 1. The van der Waals surface area contributed by atoms with Crippen LogP contribution < -0.4 is 10.6 Å². The van der Waals surface area contributed by atoms with Crippen LogP contribution in [0.5, 0.6) is 0 Å². The number of hydrogen-bond acceptors (Lipinski definition) is 2. The average Bonchev–Trinajstić information content (AvgIpc) is 2.74. The van der Waals surface area contributed by atoms with Crippen LogP contribution in [-0.2, 0) is 6.54 Å². The van der Waals surface area contributed by atoms with Crippen molar-refractivity contribution in [3.8, 4) is 0 Å². The standard InChI is InChI=1S/C19H28N4O/c1-15-21-17-11-6-7-12-18(17)23(15)14-8-13-20-19(24)22-16-9-4-2-3-5-10-16/h6-7,11-12,16H,2-5,8-10,13-14H2,1H3,(H2,20,22,24). The van der Waals surface area contributed by atoms with Crippen LogP contribution in [0.1, 0.15) is 50.8 Å². The van der Waals surface area contributed by atoms with Gasteiger partial charge in [0.05, 0.1) is 11.0 Å². The molecule has 3 rings (SSSR count). The molecule has 1 aliphatic carbocycles. The Bertz CT molecular complexity index is 671. The molecule has 0 radical (unpaired) electrons. The number of hydrogen-bond donors (Lipinski definition) is 2. The lowest BCUT2D eigenvalue weighted by atomic mass is 10.1. The molecular weight excluding hydrogens is 300 g/mol. The summed E-state index contributed by atoms with van der Waals surface area (Å²) in [7, 11) is 0. The van der Waals surface area contributed by atoms with Gasteiger partial charge in [0.1, 0.15) is 5.82 Å². The predicted octanol–water partition coefficient (Wildman–Crippen LogP) is 3.76. The highest BCUT2D eigenvalue weighted by Crippen LogP contribution is 2.17. The first kappa shape index (κ1) is 16.8. The van der Waals surface area contributed by atoms with Crippen LogP contribution in [-0.4, -0.2) is 28.2 Å². The molecule has 1 aliphatic rings. The lowest BCUT2D eigenvalue weighted by Crippen LogP contribution is -2.42. The van der Waals surface area contributed by atoms with Crippen molar-refractivity contribution in [2.24, 2.45) is 0 Å². The van der Waals surface area contributed by atoms with Crippen molar-refractivity contribution in [1.82, 2.24) is 20.2 Å². The second-order valence-electron chi connectivity index (χ2n) is 6.74. The molecule has 0 aliphatic heterocycles. The molecular formula is C19H28N4O. The normalized spacial score (nSPS) is 16.0. The Morgan fingerprint density at radius 1 is 1.21 bits per heavy atom. The average molecular weight is 328 g/mol. The van der Waals surface area contributed by atoms with Gasteiger partial charge >= 0.3 is 6.03 Å². The molecule has 0 atom stereocenters. The van der Waals surface area contributed by atoms with E-state index in [1.807, 2.05) is 25.1 Å². The molecule has 130 valence electrons. The van der Waals surface area contributed by atoms with Crippen LogP contribution in [0.3, 0.4) is 0 Å². The van der Waals surface area contributed by atoms with Gasteiger partial charge in [0, 0.05) is 19.1 Å². The summed E-state index contributed by atoms with van der Waals surface area (Å²) in [6.07, 6.45) is 8.21. The first-order valence-corrected chi connectivity index (χ1v) is 9.20. The number of aryl methyl sites for hydroxylation is 2. The first-order chi connectivity index (χ1) is 11.7. The third-order valence-corrected chi connectivity index (χ3v) is 4.88. The Morgan fingerprint density at radius 2 is 1.96 bits per heavy atom. The Morgan fingerprint density at radius 3 is 2.75 bits per heavy atom. The second-order valence-corrected chi connectivity index (χ2v) is 6.74. The summed E-state index contributed by atoms with van der Waals surface area (Å²) in [5, 5.41) is 6.12. The first-order valence-electron chi connectivity index (χ1n) is 9.20. The third-order valence-electron chi connectivity index (χ3n) is 4.88. The number of para-hydroxylation sites is 2. The number of nitrogens with zero attached hydrogens (tertiary/aromatic N) is 2. The maximum Gasteiger partial charge on any atom is 0.315 e. The molecule has 0 bridgehead atoms. The highest BCUT2D eigenvalue weighted by molar-refractivity contribution is 5.76. The molecule has 0 saturated heterocycles. The summed E-state index contributed by atoms with van der Waals surface area (Å²) in [6.45, 7) is 3.59. The van der Waals surface area contributed by atoms with E-state index in [0.717, 1.165) is 42.7 Å². The number of aromatic nitrogens is 2. The van der Waals surface area contributed by atoms with Crippen molar-refractivity contribution in [3.05, 3.63) is 30.1 Å². The van der Waals surface area contributed by atoms with Gasteiger partial charge in [-0.05, 0) is 38.3 Å². The fourth-order valence-electron chi connectivity index (χ4n) is 3.58. The minimum absolute atomic E-state index is 0.0193. The molecule has 0 unspecified atom stereocenters. The summed E-state index contributed by atoms with van der Waals surface area (Å²) in [5.41, 5.74) is 2.20. The van der Waals surface area contributed by atoms with E-state index >= 15 is 0 Å². The Kier molecular flexibility index (Phi) is 5.72. The van der Waals surface area contributed by atoms with Crippen LogP contribution in [0.2, 0.25) is 0 Å². The van der Waals surface area contributed by atoms with Gasteiger partial charge in [-0.3, -0.25) is 0 Å². The highest BCUT2D eigenvalue weighted by atomic mass is 16.2. The molecule has 1 heterocycles. The van der Waals surface area contributed by atoms with E-state index < -0.39 is 0 Å². The lowest BCUT2D eigenvalue weighted by molar-refractivity contribution is 0.235. The minimum Gasteiger partial charge on any atom is -0.338 e. The van der Waals surface area contributed by atoms with Crippen molar-refractivity contribution in [3.63, 3.8) is 0 Å². The second kappa shape index (κ2) is 8.18. The number of imidazole rings is 1. The van der Waals surface area contributed by atoms with Gasteiger partial charge in [0.15, 0.2) is 0 Å². The molecule has 2 amide bonds. The number of benzene rings is 1. The maximum absolute atomic E-state index is 12.0. The molecule has 1 fully saturated rings. The molecule has 24 heavy (non-hydrogen) atoms. The lowest BCUT2D eigenvalue weighted by Gasteiger charge is -2.16. The zero-order valence-corrected chi connectivity index (χ0v) is 14.6. The summed E-state index contributed by atoms with van der Waals surface area (Å²) in [6, 6.07) is 8.52. The Hall–Kier alpha value is -2.04. The number of amides is 2. The number of urea groups is 1. The number of fused-ring (bicyclic) bond motifs is 1. The van der Waals surface area contributed by atoms with E-state index in [4.69, 9.17) is 0 Å². The van der Waals surface area contributed by atoms with E-state index in [-0.39, 0.29) is 6.03 Å². The van der Waals surface area contributed by atoms with Crippen molar-refractivity contribution in [2.75, 3.05) is 6.54 Å². The Balaban J connectivity index is 1.43. The third kappa shape index (κ3) is 4.28. The predicted molar refractivity (Wildman–Crippen MR) is 97.1 cm³/mol. The highest BCUT2D eigenvalue weighted by Gasteiger charge is 2.14. The summed E-state index contributed by atoms with van der Waals surface area (Å²) in [4.78, 5) is 16.6. The van der Waals surface area contributed by atoms with Crippen LogP contribution in [0.25, 0.3) is 11.0 Å². The maximum atomic E-state index is 12.0. The van der Waals surface area contributed by atoms with Gasteiger partial charge in [-0.2, -0.15) is 0 Å². The van der Waals surface area contributed by atoms with Gasteiger partial charge < -0.3 is 15.2 Å². The monoisotopic (exact) mass is 328 g/mol. The summed E-state index contributed by atoms with van der Waals surface area (Å²) in [5.74, 6) is 1.03. The summed E-state index contributed by atoms with van der Waals surface area (Å²) >= 11 is 0. The van der Waals surface area contributed by atoms with E-state index in [1.54, 1.807) is 0 Å². The van der Waals surface area contributed by atoms with Crippen molar-refractivity contribution < 1.29 is 4.79 Å². The van der Waals surface area contributed by atoms with Gasteiger partial charge in [-0.15, -0.1) is 0 Å². The van der Waals surface area contributed by atoms with Crippen LogP contribution >= 0.6 is 0 Å². The molecule has 0 spiro atoms. The summed E-state index contributed by atoms with van der Waals surface area (Å²) < 4.78 is 2.22. The Labute approximate surface area is 143 Å². The van der Waals surface area contributed by atoms with Crippen LogP contribution in [0.4, 0.5) is 4.79 Å². The molecule has 1 saturated carbocycles. The smallest absolute Gasteiger partial charge is 0.315 e. The number of carbonyl (C=O) groups excluding carboxylic acids is 1. The topological polar surface area (TPSA) is 59.0 Å². The quantitative estimate of drug-likeness (QED) is 0.648. The zero-order valence-electron chi connectivity index (χ0n) is 14.6. The molecule has 5 heteroatoms.